The number of hydrogen-bond donors (Lipinski definition) is 0. The van der Waals surface area contributed by atoms with Gasteiger partial charge in [-0.15, -0.1) is 0 Å². The second-order valence-electron chi connectivity index (χ2n) is 6.66. The zero-order valence-corrected chi connectivity index (χ0v) is 18.0. The topological polar surface area (TPSA) is 40.1 Å². The van der Waals surface area contributed by atoms with Crippen molar-refractivity contribution in [3.63, 3.8) is 0 Å². The van der Waals surface area contributed by atoms with E-state index in [1.807, 2.05) is 12.1 Å². The fourth-order valence-electron chi connectivity index (χ4n) is 3.18. The number of carboxylic acid groups (broad SMARTS) is 1. The van der Waals surface area contributed by atoms with Crippen molar-refractivity contribution in [2.45, 2.75) is 90.4 Å². The molecule has 0 N–H and O–H groups in total. The molecule has 0 aliphatic carbocycles. The smallest absolute Gasteiger partial charge is 0.545 e. The van der Waals surface area contributed by atoms with Crippen LogP contribution in [0.5, 0.6) is 0 Å². The average Bonchev–Trinajstić information content (AvgIpc) is 2.56. The third kappa shape index (κ3) is 9.86. The van der Waals surface area contributed by atoms with Crippen molar-refractivity contribution < 1.29 is 39.5 Å². The first-order valence-corrected chi connectivity index (χ1v) is 9.50. The number of carboxylic acids is 1. The van der Waals surface area contributed by atoms with E-state index in [9.17, 15) is 9.90 Å². The summed E-state index contributed by atoms with van der Waals surface area (Å²) in [5.74, 6) is -0.515. The predicted octanol–water partition coefficient (Wildman–Crippen LogP) is 2.47. The molecule has 0 heterocycles. The molecule has 2 nitrogen and oxygen atoms in total. The number of hydrogen-bond acceptors (Lipinski definition) is 2. The van der Waals surface area contributed by atoms with E-state index in [2.05, 4.69) is 13.8 Å². The van der Waals surface area contributed by atoms with Crippen LogP contribution < -0.4 is 34.7 Å². The minimum Gasteiger partial charge on any atom is -0.545 e. The summed E-state index contributed by atoms with van der Waals surface area (Å²) in [4.78, 5) is 10.9. The number of benzene rings is 1. The van der Waals surface area contributed by atoms with Crippen molar-refractivity contribution in [3.8, 4) is 0 Å². The van der Waals surface area contributed by atoms with Crippen LogP contribution in [0.15, 0.2) is 24.3 Å². The van der Waals surface area contributed by atoms with Gasteiger partial charge in [-0.2, -0.15) is 0 Å². The molecule has 1 unspecified atom stereocenters. The summed E-state index contributed by atoms with van der Waals surface area (Å²) in [7, 11) is 0. The Labute approximate surface area is 170 Å². The monoisotopic (exact) mass is 340 g/mol. The van der Waals surface area contributed by atoms with Gasteiger partial charge in [0.2, 0.25) is 0 Å². The Hall–Kier alpha value is -0.310. The number of aromatic carboxylic acids is 1. The van der Waals surface area contributed by atoms with E-state index < -0.39 is 5.97 Å². The normalized spacial score (nSPS) is 11.8. The molecular weight excluding hydrogens is 307 g/mol. The Morgan fingerprint density at radius 1 is 0.833 bits per heavy atom. The van der Waals surface area contributed by atoms with Gasteiger partial charge in [0, 0.05) is 0 Å². The largest absolute Gasteiger partial charge is 1.00 e. The van der Waals surface area contributed by atoms with Gasteiger partial charge in [-0.25, -0.2) is 0 Å². The fourth-order valence-corrected chi connectivity index (χ4v) is 3.18. The Morgan fingerprint density at radius 2 is 1.29 bits per heavy atom. The second-order valence-corrected chi connectivity index (χ2v) is 6.66. The molecule has 1 aromatic rings. The standard InChI is InChI=1S/C21H34O2.Na/c1-3-5-7-8-9-11-13-18(12-10-6-4-2)19-14-16-20(17-15-19)21(22)23;/h14-18H,3-13H2,1-2H3,(H,22,23);/q;+1/p-1. The van der Waals surface area contributed by atoms with Gasteiger partial charge < -0.3 is 9.90 Å². The van der Waals surface area contributed by atoms with Gasteiger partial charge in [-0.1, -0.05) is 95.9 Å². The maximum Gasteiger partial charge on any atom is 1.00 e. The molecule has 24 heavy (non-hydrogen) atoms. The van der Waals surface area contributed by atoms with Gasteiger partial charge >= 0.3 is 29.6 Å². The minimum atomic E-state index is -1.09. The third-order valence-corrected chi connectivity index (χ3v) is 4.68. The molecule has 0 saturated carbocycles. The van der Waals surface area contributed by atoms with Crippen LogP contribution in [0.3, 0.4) is 0 Å². The minimum absolute atomic E-state index is 0. The van der Waals surface area contributed by atoms with E-state index in [4.69, 9.17) is 0 Å². The van der Waals surface area contributed by atoms with Gasteiger partial charge in [-0.05, 0) is 29.9 Å². The molecule has 0 spiro atoms. The molecule has 0 aliphatic rings. The van der Waals surface area contributed by atoms with Gasteiger partial charge in [0.05, 0.1) is 5.97 Å². The molecule has 0 bridgehead atoms. The molecule has 3 heteroatoms. The van der Waals surface area contributed by atoms with E-state index in [1.54, 1.807) is 12.1 Å². The third-order valence-electron chi connectivity index (χ3n) is 4.68. The van der Waals surface area contributed by atoms with Crippen LogP contribution in [-0.4, -0.2) is 5.97 Å². The van der Waals surface area contributed by atoms with Crippen LogP contribution in [0, 0.1) is 0 Å². The molecule has 0 aromatic heterocycles. The quantitative estimate of drug-likeness (QED) is 0.409. The van der Waals surface area contributed by atoms with Crippen molar-refractivity contribution in [3.05, 3.63) is 35.4 Å². The molecule has 0 saturated heterocycles. The van der Waals surface area contributed by atoms with E-state index in [1.165, 1.54) is 76.2 Å². The van der Waals surface area contributed by atoms with Gasteiger partial charge in [0.25, 0.3) is 0 Å². The number of carbonyl (C=O) groups excluding carboxylic acids is 1. The van der Waals surface area contributed by atoms with Crippen molar-refractivity contribution >= 4 is 5.97 Å². The van der Waals surface area contributed by atoms with Crippen molar-refractivity contribution in [2.75, 3.05) is 0 Å². The number of unbranched alkanes of at least 4 members (excludes halogenated alkanes) is 7. The summed E-state index contributed by atoms with van der Waals surface area (Å²) < 4.78 is 0. The van der Waals surface area contributed by atoms with Crippen LogP contribution in [0.2, 0.25) is 0 Å². The van der Waals surface area contributed by atoms with Crippen LogP contribution in [0.1, 0.15) is 106 Å². The van der Waals surface area contributed by atoms with E-state index in [-0.39, 0.29) is 35.1 Å². The zero-order chi connectivity index (χ0) is 16.9. The van der Waals surface area contributed by atoms with Crippen LogP contribution >= 0.6 is 0 Å². The second kappa shape index (κ2) is 15.0. The molecular formula is C21H33NaO2. The Kier molecular flexibility index (Phi) is 14.8. The summed E-state index contributed by atoms with van der Waals surface area (Å²) >= 11 is 0. The molecule has 0 aliphatic heterocycles. The van der Waals surface area contributed by atoms with Crippen LogP contribution in [0.25, 0.3) is 0 Å². The van der Waals surface area contributed by atoms with E-state index in [0.717, 1.165) is 0 Å². The molecule has 1 aromatic carbocycles. The maximum atomic E-state index is 10.9. The summed E-state index contributed by atoms with van der Waals surface area (Å²) in [6, 6.07) is 7.36. The van der Waals surface area contributed by atoms with Crippen LogP contribution in [-0.2, 0) is 0 Å². The van der Waals surface area contributed by atoms with Crippen LogP contribution in [0.4, 0.5) is 0 Å². The van der Waals surface area contributed by atoms with Gasteiger partial charge in [0.1, 0.15) is 0 Å². The van der Waals surface area contributed by atoms with E-state index in [0.29, 0.717) is 5.92 Å². The van der Waals surface area contributed by atoms with Gasteiger partial charge in [0.15, 0.2) is 0 Å². The maximum absolute atomic E-state index is 10.9. The first-order valence-electron chi connectivity index (χ1n) is 9.50. The molecule has 1 atom stereocenters. The molecule has 0 amide bonds. The summed E-state index contributed by atoms with van der Waals surface area (Å²) in [6.45, 7) is 4.48. The first kappa shape index (κ1) is 23.7. The van der Waals surface area contributed by atoms with E-state index >= 15 is 0 Å². The summed E-state index contributed by atoms with van der Waals surface area (Å²) in [6.07, 6.45) is 14.2. The van der Waals surface area contributed by atoms with Crippen molar-refractivity contribution in [1.82, 2.24) is 0 Å². The zero-order valence-electron chi connectivity index (χ0n) is 16.0. The molecule has 130 valence electrons. The average molecular weight is 340 g/mol. The predicted molar refractivity (Wildman–Crippen MR) is 95.6 cm³/mol. The summed E-state index contributed by atoms with van der Waals surface area (Å²) in [5, 5.41) is 10.9. The van der Waals surface area contributed by atoms with Gasteiger partial charge in [-0.3, -0.25) is 0 Å². The summed E-state index contributed by atoms with van der Waals surface area (Å²) in [5.41, 5.74) is 1.57. The number of carbonyl (C=O) groups is 1. The Morgan fingerprint density at radius 3 is 1.83 bits per heavy atom. The molecule has 1 rings (SSSR count). The SMILES string of the molecule is CCCCCCCCC(CCCCC)c1ccc(C(=O)[O-])cc1.[Na+]. The molecule has 0 radical (unpaired) electrons. The number of rotatable bonds is 13. The fraction of sp³-hybridized carbons (Fsp3) is 0.667. The van der Waals surface area contributed by atoms with Crippen molar-refractivity contribution in [2.24, 2.45) is 0 Å². The Bertz CT molecular complexity index is 428. The molecule has 0 fully saturated rings. The Balaban J connectivity index is 0.00000529. The first-order chi connectivity index (χ1) is 11.2. The van der Waals surface area contributed by atoms with Crippen molar-refractivity contribution in [1.29, 1.82) is 0 Å².